The number of nitrogens with zero attached hydrogens (tertiary/aromatic N) is 5. The molecule has 5 nitrogen and oxygen atoms in total. The molecule has 1 saturated carbocycles. The molecule has 8 heteroatoms. The van der Waals surface area contributed by atoms with Crippen molar-refractivity contribution in [1.29, 1.82) is 0 Å². The molecule has 0 N–H and O–H groups in total. The third-order valence-corrected chi connectivity index (χ3v) is 5.13. The second-order valence-corrected chi connectivity index (χ2v) is 7.32. The lowest BCUT2D eigenvalue weighted by atomic mass is 10.1. The maximum atomic E-state index is 14.7. The number of benzene rings is 1. The summed E-state index contributed by atoms with van der Waals surface area (Å²) in [6.07, 6.45) is 4.77. The van der Waals surface area contributed by atoms with E-state index < -0.39 is 5.82 Å². The van der Waals surface area contributed by atoms with E-state index in [0.29, 0.717) is 23.1 Å². The lowest BCUT2D eigenvalue weighted by Gasteiger charge is -2.27. The molecular formula is C18H18Cl2FN5. The van der Waals surface area contributed by atoms with Crippen molar-refractivity contribution in [2.24, 2.45) is 5.92 Å². The first kappa shape index (κ1) is 17.5. The molecule has 0 spiro atoms. The maximum Gasteiger partial charge on any atom is 0.255 e. The summed E-state index contributed by atoms with van der Waals surface area (Å²) >= 11 is 12.8. The van der Waals surface area contributed by atoms with Crippen LogP contribution in [0.2, 0.25) is 10.2 Å². The van der Waals surface area contributed by atoms with Crippen LogP contribution in [0.15, 0.2) is 24.5 Å². The third-order valence-electron chi connectivity index (χ3n) is 4.54. The summed E-state index contributed by atoms with van der Waals surface area (Å²) in [6.45, 7) is 3.77. The van der Waals surface area contributed by atoms with Crippen molar-refractivity contribution in [3.05, 3.63) is 40.5 Å². The average Bonchev–Trinajstić information content (AvgIpc) is 3.30. The van der Waals surface area contributed by atoms with Gasteiger partial charge >= 0.3 is 0 Å². The molecule has 0 amide bonds. The van der Waals surface area contributed by atoms with Crippen molar-refractivity contribution in [2.75, 3.05) is 18.0 Å². The predicted molar refractivity (Wildman–Crippen MR) is 101 cm³/mol. The van der Waals surface area contributed by atoms with Gasteiger partial charge < -0.3 is 4.90 Å². The van der Waals surface area contributed by atoms with Gasteiger partial charge in [0.25, 0.3) is 5.78 Å². The van der Waals surface area contributed by atoms with E-state index in [4.69, 9.17) is 23.2 Å². The monoisotopic (exact) mass is 393 g/mol. The summed E-state index contributed by atoms with van der Waals surface area (Å²) in [5.74, 6) is 1.28. The fraction of sp³-hybridized carbons (Fsp3) is 0.389. The molecule has 0 bridgehead atoms. The van der Waals surface area contributed by atoms with Crippen molar-refractivity contribution in [3.63, 3.8) is 0 Å². The van der Waals surface area contributed by atoms with Gasteiger partial charge in [-0.3, -0.25) is 0 Å². The largest absolute Gasteiger partial charge is 0.356 e. The fourth-order valence-corrected chi connectivity index (χ4v) is 3.72. The van der Waals surface area contributed by atoms with Gasteiger partial charge in [0.2, 0.25) is 0 Å². The molecule has 0 atom stereocenters. The number of fused-ring (bicyclic) bond motifs is 1. The first-order valence-corrected chi connectivity index (χ1v) is 9.44. The van der Waals surface area contributed by atoms with E-state index in [1.165, 1.54) is 25.2 Å². The molecule has 2 aromatic heterocycles. The van der Waals surface area contributed by atoms with Crippen LogP contribution in [0.25, 0.3) is 16.9 Å². The van der Waals surface area contributed by atoms with Crippen LogP contribution >= 0.6 is 23.2 Å². The molecule has 1 aliphatic carbocycles. The van der Waals surface area contributed by atoms with E-state index in [9.17, 15) is 4.39 Å². The molecule has 1 aromatic carbocycles. The molecule has 0 unspecified atom stereocenters. The number of aromatic nitrogens is 4. The van der Waals surface area contributed by atoms with Gasteiger partial charge in [0.15, 0.2) is 0 Å². The Morgan fingerprint density at radius 2 is 2.08 bits per heavy atom. The Bertz CT molecular complexity index is 934. The minimum atomic E-state index is -0.440. The molecule has 4 rings (SSSR count). The number of anilines is 1. The summed E-state index contributed by atoms with van der Waals surface area (Å²) in [7, 11) is 0. The fourth-order valence-electron chi connectivity index (χ4n) is 3.21. The number of hydrogen-bond acceptors (Lipinski definition) is 4. The molecular weight excluding hydrogens is 376 g/mol. The van der Waals surface area contributed by atoms with Crippen LogP contribution in [-0.4, -0.2) is 32.7 Å². The van der Waals surface area contributed by atoms with E-state index in [1.54, 1.807) is 16.6 Å². The Kier molecular flexibility index (Phi) is 4.71. The molecule has 26 heavy (non-hydrogen) atoms. The molecule has 0 saturated heterocycles. The molecule has 136 valence electrons. The van der Waals surface area contributed by atoms with Crippen molar-refractivity contribution in [2.45, 2.75) is 26.2 Å². The third kappa shape index (κ3) is 3.12. The van der Waals surface area contributed by atoms with E-state index in [2.05, 4.69) is 26.9 Å². The predicted octanol–water partition coefficient (Wildman–Crippen LogP) is 4.86. The summed E-state index contributed by atoms with van der Waals surface area (Å²) in [6, 6.07) is 4.60. The Morgan fingerprint density at radius 3 is 2.77 bits per heavy atom. The van der Waals surface area contributed by atoms with Crippen LogP contribution in [0.4, 0.5) is 10.2 Å². The molecule has 2 heterocycles. The quantitative estimate of drug-likeness (QED) is 0.560. The van der Waals surface area contributed by atoms with Crippen molar-refractivity contribution >= 4 is 34.8 Å². The first-order valence-electron chi connectivity index (χ1n) is 8.68. The Labute approximate surface area is 160 Å². The highest BCUT2D eigenvalue weighted by Crippen LogP contribution is 2.42. The van der Waals surface area contributed by atoms with E-state index in [-0.39, 0.29) is 15.7 Å². The van der Waals surface area contributed by atoms with Crippen molar-refractivity contribution in [1.82, 2.24) is 19.6 Å². The number of rotatable bonds is 6. The SMILES string of the molecule is CCCN(CC1CC1)c1c(-c2c(F)cccc2Cl)c(Cl)nc2ncnn12. The van der Waals surface area contributed by atoms with Crippen LogP contribution in [-0.2, 0) is 0 Å². The standard InChI is InChI=1S/C18H18Cl2FN5/c1-2-8-25(9-11-6-7-11)17-15(14-12(19)4-3-5-13(14)21)16(20)24-18-22-10-23-26(17)18/h3-5,10-11H,2,6-9H2,1H3. The van der Waals surface area contributed by atoms with Gasteiger partial charge in [-0.2, -0.15) is 19.6 Å². The number of hydrogen-bond donors (Lipinski definition) is 0. The summed E-state index contributed by atoms with van der Waals surface area (Å²) < 4.78 is 16.3. The van der Waals surface area contributed by atoms with Gasteiger partial charge in [-0.15, -0.1) is 0 Å². The lowest BCUT2D eigenvalue weighted by molar-refractivity contribution is 0.630. The molecule has 0 aliphatic heterocycles. The Morgan fingerprint density at radius 1 is 1.27 bits per heavy atom. The van der Waals surface area contributed by atoms with Crippen LogP contribution in [0.1, 0.15) is 26.2 Å². The van der Waals surface area contributed by atoms with E-state index in [0.717, 1.165) is 19.5 Å². The zero-order valence-electron chi connectivity index (χ0n) is 14.3. The van der Waals surface area contributed by atoms with E-state index in [1.807, 2.05) is 0 Å². The minimum absolute atomic E-state index is 0.171. The number of halogens is 3. The Balaban J connectivity index is 2.00. The molecule has 3 aromatic rings. The minimum Gasteiger partial charge on any atom is -0.356 e. The lowest BCUT2D eigenvalue weighted by Crippen LogP contribution is -2.29. The smallest absolute Gasteiger partial charge is 0.255 e. The highest BCUT2D eigenvalue weighted by atomic mass is 35.5. The normalized spacial score (nSPS) is 14.2. The first-order chi connectivity index (χ1) is 12.6. The highest BCUT2D eigenvalue weighted by molar-refractivity contribution is 6.36. The Hall–Kier alpha value is -1.92. The van der Waals surface area contributed by atoms with Crippen LogP contribution < -0.4 is 4.90 Å². The summed E-state index contributed by atoms with van der Waals surface area (Å²) in [5, 5.41) is 4.77. The van der Waals surface area contributed by atoms with Crippen LogP contribution in [0.5, 0.6) is 0 Å². The van der Waals surface area contributed by atoms with Gasteiger partial charge in [-0.05, 0) is 37.3 Å². The van der Waals surface area contributed by atoms with Gasteiger partial charge in [0.1, 0.15) is 23.1 Å². The highest BCUT2D eigenvalue weighted by Gasteiger charge is 2.30. The maximum absolute atomic E-state index is 14.7. The molecule has 1 fully saturated rings. The topological polar surface area (TPSA) is 46.3 Å². The molecule has 1 aliphatic rings. The summed E-state index contributed by atoms with van der Waals surface area (Å²) in [4.78, 5) is 10.7. The zero-order chi connectivity index (χ0) is 18.3. The van der Waals surface area contributed by atoms with Gasteiger partial charge in [-0.1, -0.05) is 36.2 Å². The van der Waals surface area contributed by atoms with Crippen molar-refractivity contribution < 1.29 is 4.39 Å². The van der Waals surface area contributed by atoms with Gasteiger partial charge in [0, 0.05) is 18.7 Å². The van der Waals surface area contributed by atoms with E-state index >= 15 is 0 Å². The van der Waals surface area contributed by atoms with Gasteiger partial charge in [-0.25, -0.2) is 4.39 Å². The van der Waals surface area contributed by atoms with Gasteiger partial charge in [0.05, 0.1) is 10.6 Å². The average molecular weight is 394 g/mol. The molecule has 0 radical (unpaired) electrons. The van der Waals surface area contributed by atoms with Crippen LogP contribution in [0, 0.1) is 11.7 Å². The second kappa shape index (κ2) is 7.00. The zero-order valence-corrected chi connectivity index (χ0v) is 15.8. The van der Waals surface area contributed by atoms with Crippen molar-refractivity contribution in [3.8, 4) is 11.1 Å². The van der Waals surface area contributed by atoms with Crippen LogP contribution in [0.3, 0.4) is 0 Å². The second-order valence-electron chi connectivity index (χ2n) is 6.56. The summed E-state index contributed by atoms with van der Waals surface area (Å²) in [5.41, 5.74) is 0.706.